The molecule has 1 amide bonds. The molecule has 0 aliphatic carbocycles. The van der Waals surface area contributed by atoms with E-state index in [2.05, 4.69) is 0 Å². The topological polar surface area (TPSA) is 76.8 Å². The molecule has 35 heavy (non-hydrogen) atoms. The van der Waals surface area contributed by atoms with Gasteiger partial charge in [-0.25, -0.2) is 4.98 Å². The van der Waals surface area contributed by atoms with Crippen LogP contribution in [0.1, 0.15) is 23.7 Å². The molecule has 1 saturated heterocycles. The summed E-state index contributed by atoms with van der Waals surface area (Å²) in [4.78, 5) is 19.7. The van der Waals surface area contributed by atoms with Crippen LogP contribution in [0.2, 0.25) is 0 Å². The number of hydrogen-bond acceptors (Lipinski definition) is 5. The van der Waals surface area contributed by atoms with E-state index in [0.29, 0.717) is 31.0 Å². The Hall–Kier alpha value is -3.84. The Labute approximate surface area is 204 Å². The lowest BCUT2D eigenvalue weighted by Crippen LogP contribution is -2.26. The smallest absolute Gasteiger partial charge is 0.227 e. The molecule has 0 saturated carbocycles. The average molecular weight is 472 g/mol. The van der Waals surface area contributed by atoms with Crippen LogP contribution in [-0.2, 0) is 11.3 Å². The molecule has 0 spiro atoms. The van der Waals surface area contributed by atoms with Gasteiger partial charge in [0.1, 0.15) is 18.5 Å². The van der Waals surface area contributed by atoms with Crippen LogP contribution in [-0.4, -0.2) is 46.9 Å². The summed E-state index contributed by atoms with van der Waals surface area (Å²) in [5.74, 6) is 2.03. The van der Waals surface area contributed by atoms with Crippen molar-refractivity contribution in [1.29, 1.82) is 0 Å². The van der Waals surface area contributed by atoms with Gasteiger partial charge in [-0.3, -0.25) is 4.79 Å². The summed E-state index contributed by atoms with van der Waals surface area (Å²) in [5.41, 5.74) is 3.80. The van der Waals surface area contributed by atoms with Crippen molar-refractivity contribution in [3.05, 3.63) is 84.2 Å². The third kappa shape index (κ3) is 4.72. The predicted octanol–water partition coefficient (Wildman–Crippen LogP) is 4.31. The van der Waals surface area contributed by atoms with E-state index in [9.17, 15) is 9.90 Å². The van der Waals surface area contributed by atoms with E-state index in [0.717, 1.165) is 28.1 Å². The highest BCUT2D eigenvalue weighted by Gasteiger charge is 2.35. The monoisotopic (exact) mass is 471 g/mol. The van der Waals surface area contributed by atoms with Crippen molar-refractivity contribution in [2.75, 3.05) is 25.2 Å². The van der Waals surface area contributed by atoms with Gasteiger partial charge in [-0.1, -0.05) is 36.4 Å². The number of imidazole rings is 1. The van der Waals surface area contributed by atoms with E-state index in [-0.39, 0.29) is 18.4 Å². The molecule has 1 aliphatic heterocycles. The van der Waals surface area contributed by atoms with Gasteiger partial charge in [-0.05, 0) is 48.9 Å². The number of anilines is 1. The molecule has 5 rings (SSSR count). The third-order valence-electron chi connectivity index (χ3n) is 6.38. The number of methoxy groups -OCH3 is 1. The number of ether oxygens (including phenoxy) is 2. The first kappa shape index (κ1) is 22.9. The van der Waals surface area contributed by atoms with Gasteiger partial charge in [0.15, 0.2) is 11.5 Å². The van der Waals surface area contributed by atoms with Crippen molar-refractivity contribution >= 4 is 22.6 Å². The highest BCUT2D eigenvalue weighted by Crippen LogP contribution is 2.34. The van der Waals surface area contributed by atoms with Gasteiger partial charge in [0.05, 0.1) is 24.7 Å². The lowest BCUT2D eigenvalue weighted by atomic mass is 10.1. The van der Waals surface area contributed by atoms with Crippen LogP contribution >= 0.6 is 0 Å². The average Bonchev–Trinajstić information content (AvgIpc) is 3.43. The maximum absolute atomic E-state index is 12.9. The summed E-state index contributed by atoms with van der Waals surface area (Å²) in [6.07, 6.45) is -0.397. The molecule has 1 aromatic heterocycles. The number of benzene rings is 3. The molecular weight excluding hydrogens is 442 g/mol. The number of aryl methyl sites for hydroxylation is 1. The molecule has 2 heterocycles. The van der Waals surface area contributed by atoms with Gasteiger partial charge in [-0.2, -0.15) is 0 Å². The minimum absolute atomic E-state index is 0.0715. The molecule has 2 atom stereocenters. The first-order valence-corrected chi connectivity index (χ1v) is 11.8. The van der Waals surface area contributed by atoms with Gasteiger partial charge in [-0.15, -0.1) is 0 Å². The molecule has 0 bridgehead atoms. The molecule has 7 nitrogen and oxygen atoms in total. The van der Waals surface area contributed by atoms with Crippen LogP contribution in [0.15, 0.2) is 72.8 Å². The number of aliphatic hydroxyl groups excluding tert-OH is 1. The Kier molecular flexibility index (Phi) is 6.42. The highest BCUT2D eigenvalue weighted by atomic mass is 16.5. The number of para-hydroxylation sites is 4. The zero-order valence-corrected chi connectivity index (χ0v) is 19.9. The molecule has 7 heteroatoms. The van der Waals surface area contributed by atoms with Gasteiger partial charge >= 0.3 is 0 Å². The molecule has 0 radical (unpaired) electrons. The number of carbonyl (C=O) groups excluding carboxylic acids is 1. The fourth-order valence-electron chi connectivity index (χ4n) is 4.71. The summed E-state index contributed by atoms with van der Waals surface area (Å²) in [6, 6.07) is 23.2. The van der Waals surface area contributed by atoms with Crippen molar-refractivity contribution in [2.45, 2.75) is 31.9 Å². The quantitative estimate of drug-likeness (QED) is 0.414. The van der Waals surface area contributed by atoms with E-state index >= 15 is 0 Å². The number of carbonyl (C=O) groups is 1. The number of hydrogen-bond donors (Lipinski definition) is 1. The Morgan fingerprint density at radius 2 is 1.83 bits per heavy atom. The molecule has 1 fully saturated rings. The second kappa shape index (κ2) is 9.80. The van der Waals surface area contributed by atoms with Crippen molar-refractivity contribution in [3.8, 4) is 11.5 Å². The third-order valence-corrected chi connectivity index (χ3v) is 6.38. The number of fused-ring (bicyclic) bond motifs is 1. The summed E-state index contributed by atoms with van der Waals surface area (Å²) in [6.45, 7) is 2.99. The molecule has 1 aliphatic rings. The number of rotatable bonds is 8. The highest BCUT2D eigenvalue weighted by molar-refractivity contribution is 5.96. The molecule has 1 N–H and O–H groups in total. The Morgan fingerprint density at radius 3 is 2.63 bits per heavy atom. The fourth-order valence-corrected chi connectivity index (χ4v) is 4.71. The summed E-state index contributed by atoms with van der Waals surface area (Å²) < 4.78 is 13.2. The molecular formula is C28H29N3O4. The van der Waals surface area contributed by atoms with Crippen LogP contribution in [0.5, 0.6) is 11.5 Å². The largest absolute Gasteiger partial charge is 0.493 e. The zero-order chi connectivity index (χ0) is 24.4. The maximum Gasteiger partial charge on any atom is 0.227 e. The second-order valence-corrected chi connectivity index (χ2v) is 8.93. The standard InChI is InChI=1S/C28H29N3O4/c1-19-8-7-9-21(14-19)30-16-20(15-27(30)33)28-29-23-10-3-4-11-24(23)31(28)17-22(32)18-35-26-13-6-5-12-25(26)34-2/h3-14,20,22,32H,15-18H2,1-2H3. The van der Waals surface area contributed by atoms with E-state index in [1.165, 1.54) is 0 Å². The van der Waals surface area contributed by atoms with Gasteiger partial charge in [0.2, 0.25) is 5.91 Å². The van der Waals surface area contributed by atoms with Crippen molar-refractivity contribution in [2.24, 2.45) is 0 Å². The lowest BCUT2D eigenvalue weighted by Gasteiger charge is -2.19. The Morgan fingerprint density at radius 1 is 1.06 bits per heavy atom. The van der Waals surface area contributed by atoms with Crippen LogP contribution in [0.3, 0.4) is 0 Å². The summed E-state index contributed by atoms with van der Waals surface area (Å²) in [7, 11) is 1.59. The molecule has 4 aromatic rings. The summed E-state index contributed by atoms with van der Waals surface area (Å²) in [5, 5.41) is 10.9. The normalized spacial score (nSPS) is 16.6. The molecule has 3 aromatic carbocycles. The zero-order valence-electron chi connectivity index (χ0n) is 19.9. The van der Waals surface area contributed by atoms with Crippen LogP contribution in [0, 0.1) is 6.92 Å². The van der Waals surface area contributed by atoms with Gasteiger partial charge in [0, 0.05) is 24.6 Å². The van der Waals surface area contributed by atoms with E-state index in [1.54, 1.807) is 7.11 Å². The number of aliphatic hydroxyl groups is 1. The predicted molar refractivity (Wildman–Crippen MR) is 135 cm³/mol. The van der Waals surface area contributed by atoms with E-state index < -0.39 is 6.10 Å². The first-order valence-electron chi connectivity index (χ1n) is 11.8. The van der Waals surface area contributed by atoms with E-state index in [4.69, 9.17) is 14.5 Å². The fraction of sp³-hybridized carbons (Fsp3) is 0.286. The van der Waals surface area contributed by atoms with Crippen LogP contribution in [0.25, 0.3) is 11.0 Å². The van der Waals surface area contributed by atoms with Crippen LogP contribution < -0.4 is 14.4 Å². The Bertz CT molecular complexity index is 1350. The number of amides is 1. The minimum atomic E-state index is -0.777. The molecule has 180 valence electrons. The van der Waals surface area contributed by atoms with E-state index in [1.807, 2.05) is 89.2 Å². The SMILES string of the molecule is COc1ccccc1OCC(O)Cn1c(C2CC(=O)N(c3cccc(C)c3)C2)nc2ccccc21. The van der Waals surface area contributed by atoms with Crippen molar-refractivity contribution in [3.63, 3.8) is 0 Å². The van der Waals surface area contributed by atoms with Gasteiger partial charge in [0.25, 0.3) is 0 Å². The number of aromatic nitrogens is 2. The maximum atomic E-state index is 12.9. The van der Waals surface area contributed by atoms with Crippen molar-refractivity contribution in [1.82, 2.24) is 9.55 Å². The lowest BCUT2D eigenvalue weighted by molar-refractivity contribution is -0.117. The van der Waals surface area contributed by atoms with Crippen LogP contribution in [0.4, 0.5) is 5.69 Å². The minimum Gasteiger partial charge on any atom is -0.493 e. The second-order valence-electron chi connectivity index (χ2n) is 8.93. The van der Waals surface area contributed by atoms with Gasteiger partial charge < -0.3 is 24.0 Å². The summed E-state index contributed by atoms with van der Waals surface area (Å²) >= 11 is 0. The number of nitrogens with zero attached hydrogens (tertiary/aromatic N) is 3. The first-order chi connectivity index (χ1) is 17.0. The molecule has 2 unspecified atom stereocenters. The Balaban J connectivity index is 1.38. The van der Waals surface area contributed by atoms with Crippen molar-refractivity contribution < 1.29 is 19.4 Å².